The molecule has 3 rings (SSSR count). The molecule has 3 fully saturated rings. The van der Waals surface area contributed by atoms with Gasteiger partial charge in [0.25, 0.3) is 0 Å². The molecule has 0 aromatic heterocycles. The van der Waals surface area contributed by atoms with Gasteiger partial charge in [0.2, 0.25) is 0 Å². The Labute approximate surface area is 124 Å². The molecule has 20 heavy (non-hydrogen) atoms. The Morgan fingerprint density at radius 3 is 2.20 bits per heavy atom. The molecule has 116 valence electrons. The van der Waals surface area contributed by atoms with Crippen molar-refractivity contribution in [3.8, 4) is 0 Å². The van der Waals surface area contributed by atoms with E-state index in [1.54, 1.807) is 0 Å². The SMILES string of the molecule is CC1CCN(CC(O)CN(C2CCCC2)C2CC2)CC1. The van der Waals surface area contributed by atoms with Crippen LogP contribution in [0.4, 0.5) is 0 Å². The summed E-state index contributed by atoms with van der Waals surface area (Å²) >= 11 is 0. The topological polar surface area (TPSA) is 26.7 Å². The molecule has 1 N–H and O–H groups in total. The highest BCUT2D eigenvalue weighted by molar-refractivity contribution is 4.92. The van der Waals surface area contributed by atoms with Gasteiger partial charge in [0, 0.05) is 25.2 Å². The second-order valence-electron chi connectivity index (χ2n) is 7.50. The standard InChI is InChI=1S/C17H32N2O/c1-14-8-10-18(11-9-14)12-17(20)13-19(16-6-7-16)15-4-2-3-5-15/h14-17,20H,2-13H2,1H3. The fourth-order valence-corrected chi connectivity index (χ4v) is 4.08. The monoisotopic (exact) mass is 280 g/mol. The van der Waals surface area contributed by atoms with Crippen molar-refractivity contribution < 1.29 is 5.11 Å². The second kappa shape index (κ2) is 6.76. The van der Waals surface area contributed by atoms with Crippen molar-refractivity contribution in [2.75, 3.05) is 26.2 Å². The van der Waals surface area contributed by atoms with Crippen LogP contribution in [0.15, 0.2) is 0 Å². The van der Waals surface area contributed by atoms with Crippen molar-refractivity contribution in [2.45, 2.75) is 76.5 Å². The number of nitrogens with zero attached hydrogens (tertiary/aromatic N) is 2. The Hall–Kier alpha value is -0.120. The summed E-state index contributed by atoms with van der Waals surface area (Å²) in [6, 6.07) is 1.58. The summed E-state index contributed by atoms with van der Waals surface area (Å²) in [6.07, 6.45) is 10.7. The molecule has 3 aliphatic rings. The van der Waals surface area contributed by atoms with Crippen LogP contribution in [0.2, 0.25) is 0 Å². The van der Waals surface area contributed by atoms with Crippen LogP contribution < -0.4 is 0 Å². The molecular weight excluding hydrogens is 248 g/mol. The summed E-state index contributed by atoms with van der Waals surface area (Å²) in [5.74, 6) is 0.879. The lowest BCUT2D eigenvalue weighted by Gasteiger charge is -2.35. The average Bonchev–Trinajstić information content (AvgIpc) is 3.13. The van der Waals surface area contributed by atoms with E-state index in [0.717, 1.165) is 31.1 Å². The Balaban J connectivity index is 1.45. The molecule has 2 saturated carbocycles. The van der Waals surface area contributed by atoms with Crippen LogP contribution in [0.3, 0.4) is 0 Å². The zero-order valence-electron chi connectivity index (χ0n) is 13.1. The minimum absolute atomic E-state index is 0.149. The van der Waals surface area contributed by atoms with Gasteiger partial charge in [-0.05, 0) is 57.5 Å². The van der Waals surface area contributed by atoms with Crippen LogP contribution in [0, 0.1) is 5.92 Å². The highest BCUT2D eigenvalue weighted by atomic mass is 16.3. The summed E-state index contributed by atoms with van der Waals surface area (Å²) in [6.45, 7) is 6.53. The molecule has 1 atom stereocenters. The van der Waals surface area contributed by atoms with Crippen molar-refractivity contribution >= 4 is 0 Å². The first-order valence-corrected chi connectivity index (χ1v) is 8.88. The van der Waals surface area contributed by atoms with Gasteiger partial charge in [-0.2, -0.15) is 0 Å². The summed E-state index contributed by atoms with van der Waals surface area (Å²) in [5.41, 5.74) is 0. The quantitative estimate of drug-likeness (QED) is 0.810. The zero-order valence-corrected chi connectivity index (χ0v) is 13.1. The summed E-state index contributed by atoms with van der Waals surface area (Å²) in [5, 5.41) is 10.5. The van der Waals surface area contributed by atoms with E-state index in [4.69, 9.17) is 0 Å². The Morgan fingerprint density at radius 2 is 1.60 bits per heavy atom. The van der Waals surface area contributed by atoms with Gasteiger partial charge in [-0.25, -0.2) is 0 Å². The Bertz CT molecular complexity index is 291. The molecule has 0 radical (unpaired) electrons. The van der Waals surface area contributed by atoms with Gasteiger partial charge in [-0.15, -0.1) is 0 Å². The van der Waals surface area contributed by atoms with E-state index >= 15 is 0 Å². The van der Waals surface area contributed by atoms with E-state index in [2.05, 4.69) is 16.7 Å². The maximum atomic E-state index is 10.5. The van der Waals surface area contributed by atoms with Crippen LogP contribution in [0.5, 0.6) is 0 Å². The van der Waals surface area contributed by atoms with Gasteiger partial charge >= 0.3 is 0 Å². The predicted octanol–water partition coefficient (Wildman–Crippen LogP) is 2.49. The van der Waals surface area contributed by atoms with Crippen molar-refractivity contribution in [2.24, 2.45) is 5.92 Å². The number of rotatable bonds is 6. The van der Waals surface area contributed by atoms with Crippen molar-refractivity contribution in [1.82, 2.24) is 9.80 Å². The molecule has 0 aromatic carbocycles. The van der Waals surface area contributed by atoms with E-state index in [1.807, 2.05) is 0 Å². The highest BCUT2D eigenvalue weighted by Gasteiger charge is 2.36. The van der Waals surface area contributed by atoms with E-state index < -0.39 is 0 Å². The third kappa shape index (κ3) is 3.96. The smallest absolute Gasteiger partial charge is 0.0794 e. The number of piperidine rings is 1. The van der Waals surface area contributed by atoms with Crippen molar-refractivity contribution in [1.29, 1.82) is 0 Å². The Kier molecular flexibility index (Phi) is 5.00. The molecule has 3 nitrogen and oxygen atoms in total. The van der Waals surface area contributed by atoms with Crippen LogP contribution in [0.1, 0.15) is 58.3 Å². The fraction of sp³-hybridized carbons (Fsp3) is 1.00. The lowest BCUT2D eigenvalue weighted by molar-refractivity contribution is 0.0450. The van der Waals surface area contributed by atoms with Crippen LogP contribution in [-0.2, 0) is 0 Å². The lowest BCUT2D eigenvalue weighted by atomic mass is 9.99. The van der Waals surface area contributed by atoms with Crippen LogP contribution in [-0.4, -0.2) is 59.3 Å². The number of β-amino-alcohol motifs (C(OH)–C–C–N with tert-alkyl or cyclic N) is 1. The summed E-state index contributed by atoms with van der Waals surface area (Å²) < 4.78 is 0. The highest BCUT2D eigenvalue weighted by Crippen LogP contribution is 2.34. The van der Waals surface area contributed by atoms with Crippen LogP contribution >= 0.6 is 0 Å². The number of aliphatic hydroxyl groups excluding tert-OH is 1. The van der Waals surface area contributed by atoms with Crippen LogP contribution in [0.25, 0.3) is 0 Å². The second-order valence-corrected chi connectivity index (χ2v) is 7.50. The zero-order chi connectivity index (χ0) is 13.9. The molecule has 1 unspecified atom stereocenters. The van der Waals surface area contributed by atoms with Gasteiger partial charge in [0.15, 0.2) is 0 Å². The lowest BCUT2D eigenvalue weighted by Crippen LogP contribution is -2.46. The third-order valence-electron chi connectivity index (χ3n) is 5.58. The summed E-state index contributed by atoms with van der Waals surface area (Å²) in [4.78, 5) is 5.13. The van der Waals surface area contributed by atoms with Gasteiger partial charge in [-0.3, -0.25) is 4.90 Å². The molecule has 2 aliphatic carbocycles. The molecule has 1 heterocycles. The fourth-order valence-electron chi connectivity index (χ4n) is 4.08. The normalized spacial score (nSPS) is 28.4. The van der Waals surface area contributed by atoms with Gasteiger partial charge in [0.05, 0.1) is 6.10 Å². The number of likely N-dealkylation sites (tertiary alicyclic amines) is 1. The number of aliphatic hydroxyl groups is 1. The average molecular weight is 280 g/mol. The molecule has 0 bridgehead atoms. The molecule has 3 heteroatoms. The van der Waals surface area contributed by atoms with E-state index in [1.165, 1.54) is 64.5 Å². The number of hydrogen-bond donors (Lipinski definition) is 1. The Morgan fingerprint density at radius 1 is 1.00 bits per heavy atom. The molecule has 0 amide bonds. The van der Waals surface area contributed by atoms with Gasteiger partial charge in [0.1, 0.15) is 0 Å². The molecular formula is C17H32N2O. The number of hydrogen-bond acceptors (Lipinski definition) is 3. The maximum Gasteiger partial charge on any atom is 0.0794 e. The third-order valence-corrected chi connectivity index (χ3v) is 5.58. The minimum Gasteiger partial charge on any atom is -0.390 e. The summed E-state index contributed by atoms with van der Waals surface area (Å²) in [7, 11) is 0. The minimum atomic E-state index is -0.149. The van der Waals surface area contributed by atoms with Gasteiger partial charge in [-0.1, -0.05) is 19.8 Å². The van der Waals surface area contributed by atoms with E-state index in [9.17, 15) is 5.11 Å². The first-order valence-electron chi connectivity index (χ1n) is 8.88. The molecule has 0 aromatic rings. The molecule has 0 spiro atoms. The van der Waals surface area contributed by atoms with E-state index in [-0.39, 0.29) is 6.10 Å². The van der Waals surface area contributed by atoms with Crippen molar-refractivity contribution in [3.05, 3.63) is 0 Å². The first-order chi connectivity index (χ1) is 9.72. The first kappa shape index (κ1) is 14.8. The van der Waals surface area contributed by atoms with Crippen molar-refractivity contribution in [3.63, 3.8) is 0 Å². The maximum absolute atomic E-state index is 10.5. The largest absolute Gasteiger partial charge is 0.390 e. The van der Waals surface area contributed by atoms with Gasteiger partial charge < -0.3 is 10.0 Å². The molecule has 1 aliphatic heterocycles. The molecule has 1 saturated heterocycles. The van der Waals surface area contributed by atoms with E-state index in [0.29, 0.717) is 0 Å². The predicted molar refractivity (Wildman–Crippen MR) is 82.8 cm³/mol.